The topological polar surface area (TPSA) is 52.3 Å². The van der Waals surface area contributed by atoms with Crippen LogP contribution in [0.5, 0.6) is 0 Å². The Morgan fingerprint density at radius 3 is 2.41 bits per heavy atom. The van der Waals surface area contributed by atoms with E-state index < -0.39 is 6.04 Å². The lowest BCUT2D eigenvalue weighted by Crippen LogP contribution is -2.34. The van der Waals surface area contributed by atoms with E-state index in [4.69, 9.17) is 10.5 Å². The predicted octanol–water partition coefficient (Wildman–Crippen LogP) is 3.12. The standard InChI is InChI=1S/C14H29NO2/c1-5-7-8-12(6-2)10-17-14(16)13(15)9-11(3)4/h11-13H,5-10,15H2,1-4H3/t12?,13-/m1/s1. The molecule has 2 atom stereocenters. The molecule has 0 spiro atoms. The van der Waals surface area contributed by atoms with Crippen molar-refractivity contribution in [2.75, 3.05) is 6.61 Å². The minimum absolute atomic E-state index is 0.242. The molecule has 0 fully saturated rings. The average Bonchev–Trinajstić information content (AvgIpc) is 2.28. The minimum Gasteiger partial charge on any atom is -0.464 e. The van der Waals surface area contributed by atoms with Crippen molar-refractivity contribution in [1.29, 1.82) is 0 Å². The van der Waals surface area contributed by atoms with E-state index in [2.05, 4.69) is 27.7 Å². The highest BCUT2D eigenvalue weighted by Gasteiger charge is 2.17. The minimum atomic E-state index is -0.460. The van der Waals surface area contributed by atoms with Crippen LogP contribution >= 0.6 is 0 Å². The molecule has 0 amide bonds. The smallest absolute Gasteiger partial charge is 0.322 e. The van der Waals surface area contributed by atoms with Crippen LogP contribution in [0.3, 0.4) is 0 Å². The molecule has 0 saturated carbocycles. The Balaban J connectivity index is 3.86. The molecule has 0 rings (SSSR count). The Kier molecular flexibility index (Phi) is 9.14. The van der Waals surface area contributed by atoms with Gasteiger partial charge in [-0.3, -0.25) is 4.79 Å². The second-order valence-electron chi connectivity index (χ2n) is 5.28. The molecule has 17 heavy (non-hydrogen) atoms. The van der Waals surface area contributed by atoms with Crippen molar-refractivity contribution in [3.8, 4) is 0 Å². The first-order valence-corrected chi connectivity index (χ1v) is 6.93. The highest BCUT2D eigenvalue weighted by molar-refractivity contribution is 5.75. The molecule has 0 aliphatic rings. The lowest BCUT2D eigenvalue weighted by atomic mass is 10.0. The summed E-state index contributed by atoms with van der Waals surface area (Å²) in [5.74, 6) is 0.679. The van der Waals surface area contributed by atoms with Gasteiger partial charge in [0, 0.05) is 0 Å². The van der Waals surface area contributed by atoms with Gasteiger partial charge in [0.25, 0.3) is 0 Å². The summed E-state index contributed by atoms with van der Waals surface area (Å²) >= 11 is 0. The molecule has 102 valence electrons. The monoisotopic (exact) mass is 243 g/mol. The van der Waals surface area contributed by atoms with Crippen LogP contribution in [0.1, 0.15) is 59.8 Å². The van der Waals surface area contributed by atoms with Crippen LogP contribution in [0, 0.1) is 11.8 Å². The number of unbranched alkanes of at least 4 members (excludes halogenated alkanes) is 1. The van der Waals surface area contributed by atoms with Crippen molar-refractivity contribution in [3.05, 3.63) is 0 Å². The van der Waals surface area contributed by atoms with Crippen molar-refractivity contribution in [2.24, 2.45) is 17.6 Å². The van der Waals surface area contributed by atoms with Crippen LogP contribution in [0.15, 0.2) is 0 Å². The normalized spacial score (nSPS) is 14.7. The number of hydrogen-bond acceptors (Lipinski definition) is 3. The van der Waals surface area contributed by atoms with E-state index in [1.165, 1.54) is 12.8 Å². The van der Waals surface area contributed by atoms with Crippen molar-refractivity contribution < 1.29 is 9.53 Å². The highest BCUT2D eigenvalue weighted by atomic mass is 16.5. The van der Waals surface area contributed by atoms with Crippen LogP contribution in [0.25, 0.3) is 0 Å². The van der Waals surface area contributed by atoms with Crippen LogP contribution in [-0.4, -0.2) is 18.6 Å². The van der Waals surface area contributed by atoms with Gasteiger partial charge in [0.05, 0.1) is 6.61 Å². The fourth-order valence-corrected chi connectivity index (χ4v) is 1.81. The summed E-state index contributed by atoms with van der Waals surface area (Å²) in [5.41, 5.74) is 5.77. The summed E-state index contributed by atoms with van der Waals surface area (Å²) in [6, 6.07) is -0.460. The van der Waals surface area contributed by atoms with Crippen LogP contribution in [0.4, 0.5) is 0 Å². The van der Waals surface area contributed by atoms with Gasteiger partial charge in [-0.25, -0.2) is 0 Å². The van der Waals surface area contributed by atoms with Gasteiger partial charge in [0.2, 0.25) is 0 Å². The summed E-state index contributed by atoms with van der Waals surface area (Å²) in [4.78, 5) is 11.6. The number of ether oxygens (including phenoxy) is 1. The summed E-state index contributed by atoms with van der Waals surface area (Å²) in [7, 11) is 0. The van der Waals surface area contributed by atoms with Gasteiger partial charge in [0.15, 0.2) is 0 Å². The van der Waals surface area contributed by atoms with E-state index in [1.54, 1.807) is 0 Å². The third-order valence-corrected chi connectivity index (χ3v) is 3.03. The van der Waals surface area contributed by atoms with Gasteiger partial charge in [0.1, 0.15) is 6.04 Å². The SMILES string of the molecule is CCCCC(CC)COC(=O)[C@H](N)CC(C)C. The van der Waals surface area contributed by atoms with Gasteiger partial charge in [-0.1, -0.05) is 47.0 Å². The Labute approximate surface area is 106 Å². The molecule has 0 bridgehead atoms. The van der Waals surface area contributed by atoms with Crippen LogP contribution < -0.4 is 5.73 Å². The van der Waals surface area contributed by atoms with Gasteiger partial charge >= 0.3 is 5.97 Å². The van der Waals surface area contributed by atoms with E-state index >= 15 is 0 Å². The van der Waals surface area contributed by atoms with Crippen molar-refractivity contribution in [3.63, 3.8) is 0 Å². The number of esters is 1. The molecular formula is C14H29NO2. The Morgan fingerprint density at radius 2 is 1.94 bits per heavy atom. The molecule has 0 radical (unpaired) electrons. The lowest BCUT2D eigenvalue weighted by molar-refractivity contribution is -0.147. The van der Waals surface area contributed by atoms with Gasteiger partial charge < -0.3 is 10.5 Å². The maximum Gasteiger partial charge on any atom is 0.322 e. The Hall–Kier alpha value is -0.570. The molecule has 0 heterocycles. The van der Waals surface area contributed by atoms with E-state index in [0.29, 0.717) is 24.9 Å². The first-order chi connectivity index (χ1) is 8.01. The maximum atomic E-state index is 11.6. The summed E-state index contributed by atoms with van der Waals surface area (Å²) in [6.45, 7) is 8.97. The van der Waals surface area contributed by atoms with Gasteiger partial charge in [-0.05, 0) is 24.7 Å². The first-order valence-electron chi connectivity index (χ1n) is 6.93. The van der Waals surface area contributed by atoms with E-state index in [9.17, 15) is 4.79 Å². The largest absolute Gasteiger partial charge is 0.464 e. The van der Waals surface area contributed by atoms with E-state index in [-0.39, 0.29) is 5.97 Å². The summed E-state index contributed by atoms with van der Waals surface area (Å²) in [5, 5.41) is 0. The van der Waals surface area contributed by atoms with Crippen LogP contribution in [0.2, 0.25) is 0 Å². The average molecular weight is 243 g/mol. The molecule has 3 heteroatoms. The zero-order chi connectivity index (χ0) is 13.3. The number of carbonyl (C=O) groups is 1. The molecule has 0 aliphatic heterocycles. The molecule has 1 unspecified atom stereocenters. The van der Waals surface area contributed by atoms with Crippen LogP contribution in [-0.2, 0) is 9.53 Å². The maximum absolute atomic E-state index is 11.6. The van der Waals surface area contributed by atoms with Gasteiger partial charge in [-0.2, -0.15) is 0 Å². The zero-order valence-electron chi connectivity index (χ0n) is 11.9. The number of rotatable bonds is 9. The first kappa shape index (κ1) is 16.4. The van der Waals surface area contributed by atoms with E-state index in [0.717, 1.165) is 12.8 Å². The highest BCUT2D eigenvalue weighted by Crippen LogP contribution is 2.13. The molecule has 0 aromatic carbocycles. The van der Waals surface area contributed by atoms with Crippen molar-refractivity contribution >= 4 is 5.97 Å². The second kappa shape index (κ2) is 9.46. The van der Waals surface area contributed by atoms with Crippen molar-refractivity contribution in [2.45, 2.75) is 65.8 Å². The molecular weight excluding hydrogens is 214 g/mol. The Bertz CT molecular complexity index is 204. The molecule has 0 aromatic rings. The molecule has 0 aliphatic carbocycles. The summed E-state index contributed by atoms with van der Waals surface area (Å²) in [6.07, 6.45) is 5.29. The molecule has 3 nitrogen and oxygen atoms in total. The second-order valence-corrected chi connectivity index (χ2v) is 5.28. The van der Waals surface area contributed by atoms with Gasteiger partial charge in [-0.15, -0.1) is 0 Å². The Morgan fingerprint density at radius 1 is 1.29 bits per heavy atom. The predicted molar refractivity (Wildman–Crippen MR) is 71.7 cm³/mol. The third-order valence-electron chi connectivity index (χ3n) is 3.03. The number of hydrogen-bond donors (Lipinski definition) is 1. The molecule has 0 saturated heterocycles. The molecule has 2 N–H and O–H groups in total. The van der Waals surface area contributed by atoms with Crippen molar-refractivity contribution in [1.82, 2.24) is 0 Å². The zero-order valence-corrected chi connectivity index (χ0v) is 11.9. The number of carbonyl (C=O) groups excluding carboxylic acids is 1. The molecule has 0 aromatic heterocycles. The lowest BCUT2D eigenvalue weighted by Gasteiger charge is -2.17. The fraction of sp³-hybridized carbons (Fsp3) is 0.929. The number of nitrogens with two attached hydrogens (primary N) is 1. The fourth-order valence-electron chi connectivity index (χ4n) is 1.81. The third kappa shape index (κ3) is 8.19. The quantitative estimate of drug-likeness (QED) is 0.633. The summed E-state index contributed by atoms with van der Waals surface area (Å²) < 4.78 is 5.29. The van der Waals surface area contributed by atoms with E-state index in [1.807, 2.05) is 0 Å².